The van der Waals surface area contributed by atoms with Crippen LogP contribution in [-0.4, -0.2) is 95.7 Å². The lowest BCUT2D eigenvalue weighted by molar-refractivity contribution is -0.134. The van der Waals surface area contributed by atoms with E-state index in [1.165, 1.54) is 7.11 Å². The van der Waals surface area contributed by atoms with Gasteiger partial charge in [-0.2, -0.15) is 0 Å². The number of rotatable bonds is 8. The molecule has 12 nitrogen and oxygen atoms in total. The number of carboxylic acids is 1. The molecule has 38 heavy (non-hydrogen) atoms. The predicted molar refractivity (Wildman–Crippen MR) is 144 cm³/mol. The van der Waals surface area contributed by atoms with E-state index in [0.717, 1.165) is 33.1 Å². The molecule has 2 aromatic heterocycles. The van der Waals surface area contributed by atoms with Gasteiger partial charge in [-0.05, 0) is 26.0 Å². The number of nitrogens with zero attached hydrogens (tertiary/aromatic N) is 4. The maximum Gasteiger partial charge on any atom is 0.300 e. The molecule has 0 bridgehead atoms. The summed E-state index contributed by atoms with van der Waals surface area (Å²) < 4.78 is 16.5. The molecule has 1 aromatic carbocycles. The number of aliphatic hydroxyl groups excluding tert-OH is 1. The highest BCUT2D eigenvalue weighted by Crippen LogP contribution is 2.32. The second kappa shape index (κ2) is 13.1. The van der Waals surface area contributed by atoms with Crippen molar-refractivity contribution in [1.29, 1.82) is 0 Å². The number of fused-ring (bicyclic) bond motifs is 1. The van der Waals surface area contributed by atoms with Gasteiger partial charge in [0.25, 0.3) is 11.5 Å². The molecule has 0 radical (unpaired) electrons. The van der Waals surface area contributed by atoms with Gasteiger partial charge in [0, 0.05) is 51.3 Å². The van der Waals surface area contributed by atoms with Crippen LogP contribution < -0.4 is 24.7 Å². The van der Waals surface area contributed by atoms with E-state index in [1.807, 2.05) is 0 Å². The van der Waals surface area contributed by atoms with Crippen molar-refractivity contribution in [2.75, 3.05) is 58.5 Å². The van der Waals surface area contributed by atoms with E-state index in [-0.39, 0.29) is 18.8 Å². The number of pyridine rings is 1. The van der Waals surface area contributed by atoms with E-state index in [4.69, 9.17) is 29.1 Å². The average molecular weight is 530 g/mol. The second-order valence-electron chi connectivity index (χ2n) is 8.86. The van der Waals surface area contributed by atoms with Crippen LogP contribution in [0.1, 0.15) is 20.8 Å². The van der Waals surface area contributed by atoms with E-state index in [0.29, 0.717) is 51.5 Å². The number of anilines is 1. The van der Waals surface area contributed by atoms with E-state index in [1.54, 1.807) is 31.4 Å². The molecule has 0 spiro atoms. The Kier molecular flexibility index (Phi) is 9.85. The molecular weight excluding hydrogens is 494 g/mol. The number of benzene rings is 1. The molecule has 0 aliphatic carbocycles. The van der Waals surface area contributed by atoms with Gasteiger partial charge in [0.15, 0.2) is 17.4 Å². The van der Waals surface area contributed by atoms with Gasteiger partial charge < -0.3 is 34.3 Å². The summed E-state index contributed by atoms with van der Waals surface area (Å²) in [7, 11) is 3.05. The molecule has 1 saturated heterocycles. The van der Waals surface area contributed by atoms with Crippen LogP contribution in [0.2, 0.25) is 0 Å². The van der Waals surface area contributed by atoms with Gasteiger partial charge in [0.2, 0.25) is 0 Å². The number of carbonyl (C=O) groups is 1. The molecule has 0 saturated carbocycles. The highest BCUT2D eigenvalue weighted by molar-refractivity contribution is 5.87. The van der Waals surface area contributed by atoms with E-state index < -0.39 is 5.97 Å². The fourth-order valence-electron chi connectivity index (χ4n) is 4.12. The summed E-state index contributed by atoms with van der Waals surface area (Å²) in [6.45, 7) is 8.95. The third-order valence-corrected chi connectivity index (χ3v) is 5.98. The first-order chi connectivity index (χ1) is 18.2. The Morgan fingerprint density at radius 3 is 2.34 bits per heavy atom. The number of hydrogen-bond donors (Lipinski definition) is 3. The van der Waals surface area contributed by atoms with Gasteiger partial charge in [-0.25, -0.2) is 9.97 Å². The number of methoxy groups -OCH3 is 2. The first kappa shape index (κ1) is 28.7. The number of piperazine rings is 1. The summed E-state index contributed by atoms with van der Waals surface area (Å²) in [4.78, 5) is 38.8. The zero-order chi connectivity index (χ0) is 27.8. The van der Waals surface area contributed by atoms with Crippen molar-refractivity contribution in [2.24, 2.45) is 0 Å². The van der Waals surface area contributed by atoms with Crippen LogP contribution >= 0.6 is 0 Å². The molecule has 1 aliphatic rings. The number of nitrogens with one attached hydrogen (secondary N) is 1. The van der Waals surface area contributed by atoms with Crippen LogP contribution in [0.3, 0.4) is 0 Å². The Bertz CT molecular complexity index is 1300. The summed E-state index contributed by atoms with van der Waals surface area (Å²) in [5.74, 6) is 1.68. The third-order valence-electron chi connectivity index (χ3n) is 5.98. The summed E-state index contributed by atoms with van der Waals surface area (Å²) in [6, 6.07) is 7.38. The van der Waals surface area contributed by atoms with Crippen molar-refractivity contribution in [3.8, 4) is 28.8 Å². The number of carboxylic acid groups (broad SMARTS) is 1. The van der Waals surface area contributed by atoms with E-state index in [2.05, 4.69) is 33.6 Å². The molecule has 4 rings (SSSR count). The molecule has 206 valence electrons. The Morgan fingerprint density at radius 2 is 1.76 bits per heavy atom. The summed E-state index contributed by atoms with van der Waals surface area (Å²) in [5, 5.41) is 17.0. The smallest absolute Gasteiger partial charge is 0.300 e. The van der Waals surface area contributed by atoms with Crippen molar-refractivity contribution in [2.45, 2.75) is 26.8 Å². The summed E-state index contributed by atoms with van der Waals surface area (Å²) in [5.41, 5.74) is 0.636. The summed E-state index contributed by atoms with van der Waals surface area (Å²) in [6.07, 6.45) is 0. The number of aromatic nitrogens is 3. The first-order valence-electron chi connectivity index (χ1n) is 12.3. The maximum atomic E-state index is 12.9. The molecule has 0 atom stereocenters. The fourth-order valence-corrected chi connectivity index (χ4v) is 4.12. The topological polar surface area (TPSA) is 150 Å². The number of H-pyrrole nitrogens is 1. The normalized spacial score (nSPS) is 13.7. The quantitative estimate of drug-likeness (QED) is 0.393. The van der Waals surface area contributed by atoms with Gasteiger partial charge in [-0.1, -0.05) is 0 Å². The van der Waals surface area contributed by atoms with Crippen molar-refractivity contribution in [3.63, 3.8) is 0 Å². The first-order valence-corrected chi connectivity index (χ1v) is 12.3. The van der Waals surface area contributed by atoms with Crippen molar-refractivity contribution >= 4 is 22.7 Å². The number of ether oxygens (including phenoxy) is 3. The highest BCUT2D eigenvalue weighted by Gasteiger charge is 2.23. The van der Waals surface area contributed by atoms with E-state index >= 15 is 0 Å². The Morgan fingerprint density at radius 1 is 1.08 bits per heavy atom. The average Bonchev–Trinajstić information content (AvgIpc) is 2.90. The zero-order valence-electron chi connectivity index (χ0n) is 22.4. The van der Waals surface area contributed by atoms with Crippen LogP contribution in [0, 0.1) is 0 Å². The van der Waals surface area contributed by atoms with Gasteiger partial charge in [0.1, 0.15) is 29.2 Å². The van der Waals surface area contributed by atoms with Crippen LogP contribution in [-0.2, 0) is 4.79 Å². The lowest BCUT2D eigenvalue weighted by atomic mass is 10.2. The minimum atomic E-state index is -0.833. The lowest BCUT2D eigenvalue weighted by Gasteiger charge is -2.38. The van der Waals surface area contributed by atoms with Crippen LogP contribution in [0.4, 0.5) is 5.82 Å². The predicted octanol–water partition coefficient (Wildman–Crippen LogP) is 1.99. The minimum absolute atomic E-state index is 0.0917. The molecule has 3 heterocycles. The molecule has 3 N–H and O–H groups in total. The Balaban J connectivity index is 0.000000934. The maximum absolute atomic E-state index is 12.9. The van der Waals surface area contributed by atoms with E-state index in [9.17, 15) is 9.90 Å². The molecular formula is C26H35N5O7. The molecule has 0 unspecified atom stereocenters. The van der Waals surface area contributed by atoms with Crippen molar-refractivity contribution in [3.05, 3.63) is 34.6 Å². The van der Waals surface area contributed by atoms with Gasteiger partial charge >= 0.3 is 0 Å². The standard InChI is InChI=1S/C24H31N5O5.C2H4O2/c1-15(2)28-7-9-29(10-8-28)23-19(34-12-11-30)6-5-17(26-23)22-25-18-13-16(32-3)14-20(33-4)21(18)24(31)27-22;1-2(3)4/h5-6,13-15,30H,7-12H2,1-4H3,(H,25,27,31);1H3,(H,3,4). The highest BCUT2D eigenvalue weighted by atomic mass is 16.5. The number of hydrogen-bond acceptors (Lipinski definition) is 10. The summed E-state index contributed by atoms with van der Waals surface area (Å²) >= 11 is 0. The SMILES string of the molecule is CC(=O)O.COc1cc(OC)c2c(=O)[nH]c(-c3ccc(OCCO)c(N4CCN(C(C)C)CC4)n3)nc2c1. The number of aromatic amines is 1. The van der Waals surface area contributed by atoms with Crippen molar-refractivity contribution in [1.82, 2.24) is 19.9 Å². The molecule has 1 aliphatic heterocycles. The molecule has 1 fully saturated rings. The Hall–Kier alpha value is -3.90. The van der Waals surface area contributed by atoms with Crippen LogP contribution in [0.25, 0.3) is 22.4 Å². The second-order valence-corrected chi connectivity index (χ2v) is 8.86. The minimum Gasteiger partial charge on any atom is -0.497 e. The molecule has 0 amide bonds. The lowest BCUT2D eigenvalue weighted by Crippen LogP contribution is -2.49. The zero-order valence-corrected chi connectivity index (χ0v) is 22.4. The molecule has 12 heteroatoms. The van der Waals surface area contributed by atoms with Gasteiger partial charge in [-0.3, -0.25) is 14.5 Å². The third kappa shape index (κ3) is 6.90. The monoisotopic (exact) mass is 529 g/mol. The number of aliphatic hydroxyl groups is 1. The fraction of sp³-hybridized carbons (Fsp3) is 0.462. The van der Waals surface area contributed by atoms with Crippen LogP contribution in [0.15, 0.2) is 29.1 Å². The molecule has 3 aromatic rings. The number of aliphatic carboxylic acids is 1. The van der Waals surface area contributed by atoms with Crippen molar-refractivity contribution < 1.29 is 29.2 Å². The van der Waals surface area contributed by atoms with Crippen LogP contribution in [0.5, 0.6) is 17.2 Å². The largest absolute Gasteiger partial charge is 0.497 e. The Labute approximate surface area is 220 Å². The van der Waals surface area contributed by atoms with Gasteiger partial charge in [0.05, 0.1) is 26.3 Å². The van der Waals surface area contributed by atoms with Gasteiger partial charge in [-0.15, -0.1) is 0 Å².